The van der Waals surface area contributed by atoms with Crippen LogP contribution in [0.5, 0.6) is 0 Å². The van der Waals surface area contributed by atoms with Crippen molar-refractivity contribution in [2.75, 3.05) is 0 Å². The molecule has 1 aromatic rings. The highest BCUT2D eigenvalue weighted by Gasteiger charge is 2.31. The third kappa shape index (κ3) is 2.71. The SMILES string of the molecule is CC(C(=O)O)c1cccc(C(F)(F)F)c1. The predicted molar refractivity (Wildman–Crippen MR) is 47.5 cm³/mol. The van der Waals surface area contributed by atoms with E-state index >= 15 is 0 Å². The standard InChI is InChI=1S/C10H9F3O2/c1-6(9(14)15)7-3-2-4-8(5-7)10(11,12)13/h2-6H,1H3,(H,14,15). The highest BCUT2D eigenvalue weighted by molar-refractivity contribution is 5.75. The zero-order valence-electron chi connectivity index (χ0n) is 7.88. The molecular weight excluding hydrogens is 209 g/mol. The fourth-order valence-corrected chi connectivity index (χ4v) is 1.13. The van der Waals surface area contributed by atoms with Gasteiger partial charge in [-0.05, 0) is 18.6 Å². The van der Waals surface area contributed by atoms with Gasteiger partial charge in [-0.3, -0.25) is 4.79 Å². The third-order valence-corrected chi connectivity index (χ3v) is 2.08. The van der Waals surface area contributed by atoms with Crippen LogP contribution in [0.4, 0.5) is 13.2 Å². The quantitative estimate of drug-likeness (QED) is 0.828. The van der Waals surface area contributed by atoms with Crippen LogP contribution in [-0.4, -0.2) is 11.1 Å². The maximum atomic E-state index is 12.3. The smallest absolute Gasteiger partial charge is 0.416 e. The molecule has 0 fully saturated rings. The van der Waals surface area contributed by atoms with Crippen LogP contribution in [0, 0.1) is 0 Å². The lowest BCUT2D eigenvalue weighted by atomic mass is 9.99. The Morgan fingerprint density at radius 1 is 1.40 bits per heavy atom. The summed E-state index contributed by atoms with van der Waals surface area (Å²) >= 11 is 0. The Morgan fingerprint density at radius 3 is 2.47 bits per heavy atom. The maximum absolute atomic E-state index is 12.3. The fourth-order valence-electron chi connectivity index (χ4n) is 1.13. The summed E-state index contributed by atoms with van der Waals surface area (Å²) in [5, 5.41) is 8.65. The van der Waals surface area contributed by atoms with Crippen LogP contribution >= 0.6 is 0 Å². The topological polar surface area (TPSA) is 37.3 Å². The summed E-state index contributed by atoms with van der Waals surface area (Å²) in [4.78, 5) is 10.6. The van der Waals surface area contributed by atoms with E-state index in [1.54, 1.807) is 0 Å². The number of benzene rings is 1. The molecule has 1 N–H and O–H groups in total. The predicted octanol–water partition coefficient (Wildman–Crippen LogP) is 2.89. The van der Waals surface area contributed by atoms with E-state index < -0.39 is 23.6 Å². The number of alkyl halides is 3. The zero-order chi connectivity index (χ0) is 11.6. The second-order valence-electron chi connectivity index (χ2n) is 3.18. The number of rotatable bonds is 2. The molecule has 2 nitrogen and oxygen atoms in total. The lowest BCUT2D eigenvalue weighted by molar-refractivity contribution is -0.139. The number of carboxylic acids is 1. The molecule has 1 atom stereocenters. The molecule has 0 bridgehead atoms. The summed E-state index contributed by atoms with van der Waals surface area (Å²) in [6.45, 7) is 1.35. The van der Waals surface area contributed by atoms with Crippen LogP contribution < -0.4 is 0 Å². The molecule has 0 heterocycles. The number of hydrogen-bond donors (Lipinski definition) is 1. The largest absolute Gasteiger partial charge is 0.481 e. The first-order valence-corrected chi connectivity index (χ1v) is 4.22. The Balaban J connectivity index is 3.08. The van der Waals surface area contributed by atoms with Gasteiger partial charge in [0.2, 0.25) is 0 Å². The average molecular weight is 218 g/mol. The van der Waals surface area contributed by atoms with Gasteiger partial charge in [0.15, 0.2) is 0 Å². The average Bonchev–Trinajstić information content (AvgIpc) is 2.15. The van der Waals surface area contributed by atoms with Crippen molar-refractivity contribution in [3.05, 3.63) is 35.4 Å². The minimum atomic E-state index is -4.44. The monoisotopic (exact) mass is 218 g/mol. The Labute approximate surface area is 84.3 Å². The van der Waals surface area contributed by atoms with Gasteiger partial charge in [0.25, 0.3) is 0 Å². The molecule has 0 aliphatic rings. The summed E-state index contributed by atoms with van der Waals surface area (Å²) in [6, 6.07) is 4.35. The second-order valence-corrected chi connectivity index (χ2v) is 3.18. The Hall–Kier alpha value is -1.52. The number of carboxylic acid groups (broad SMARTS) is 1. The second kappa shape index (κ2) is 3.92. The number of halogens is 3. The van der Waals surface area contributed by atoms with Crippen molar-refractivity contribution >= 4 is 5.97 Å². The van der Waals surface area contributed by atoms with E-state index in [1.807, 2.05) is 0 Å². The summed E-state index contributed by atoms with van der Waals surface area (Å²) in [7, 11) is 0. The maximum Gasteiger partial charge on any atom is 0.416 e. The van der Waals surface area contributed by atoms with Crippen molar-refractivity contribution in [2.24, 2.45) is 0 Å². The van der Waals surface area contributed by atoms with Crippen LogP contribution in [-0.2, 0) is 11.0 Å². The van der Waals surface area contributed by atoms with E-state index in [4.69, 9.17) is 5.11 Å². The summed E-state index contributed by atoms with van der Waals surface area (Å²) < 4.78 is 36.9. The first kappa shape index (κ1) is 11.6. The molecule has 0 aliphatic carbocycles. The molecule has 0 amide bonds. The molecule has 15 heavy (non-hydrogen) atoms. The molecule has 0 radical (unpaired) electrons. The molecule has 0 spiro atoms. The summed E-state index contributed by atoms with van der Waals surface area (Å²) in [5.74, 6) is -2.08. The third-order valence-electron chi connectivity index (χ3n) is 2.08. The van der Waals surface area contributed by atoms with Crippen LogP contribution in [0.15, 0.2) is 24.3 Å². The molecule has 0 aromatic heterocycles. The highest BCUT2D eigenvalue weighted by Crippen LogP contribution is 2.31. The van der Waals surface area contributed by atoms with Crippen molar-refractivity contribution < 1.29 is 23.1 Å². The van der Waals surface area contributed by atoms with E-state index in [0.717, 1.165) is 12.1 Å². The van der Waals surface area contributed by atoms with E-state index in [1.165, 1.54) is 19.1 Å². The number of carbonyl (C=O) groups is 1. The zero-order valence-corrected chi connectivity index (χ0v) is 7.88. The summed E-state index contributed by atoms with van der Waals surface area (Å²) in [5.41, 5.74) is -0.676. The fraction of sp³-hybridized carbons (Fsp3) is 0.300. The van der Waals surface area contributed by atoms with Crippen molar-refractivity contribution in [3.63, 3.8) is 0 Å². The van der Waals surface area contributed by atoms with Gasteiger partial charge in [-0.25, -0.2) is 0 Å². The van der Waals surface area contributed by atoms with Gasteiger partial charge in [-0.15, -0.1) is 0 Å². The van der Waals surface area contributed by atoms with Crippen LogP contribution in [0.25, 0.3) is 0 Å². The first-order chi connectivity index (χ1) is 6.82. The van der Waals surface area contributed by atoms with E-state index in [2.05, 4.69) is 0 Å². The molecule has 1 rings (SSSR count). The minimum absolute atomic E-state index is 0.150. The Kier molecular flexibility index (Phi) is 3.02. The number of aliphatic carboxylic acids is 1. The van der Waals surface area contributed by atoms with Gasteiger partial charge in [0.05, 0.1) is 11.5 Å². The molecule has 82 valence electrons. The van der Waals surface area contributed by atoms with Gasteiger partial charge in [0.1, 0.15) is 0 Å². The van der Waals surface area contributed by atoms with E-state index in [-0.39, 0.29) is 5.56 Å². The van der Waals surface area contributed by atoms with Crippen molar-refractivity contribution in [3.8, 4) is 0 Å². The normalized spacial score (nSPS) is 13.6. The van der Waals surface area contributed by atoms with Crippen LogP contribution in [0.2, 0.25) is 0 Å². The van der Waals surface area contributed by atoms with Crippen LogP contribution in [0.1, 0.15) is 24.0 Å². The van der Waals surface area contributed by atoms with Gasteiger partial charge >= 0.3 is 12.1 Å². The lowest BCUT2D eigenvalue weighted by Gasteiger charge is -2.10. The van der Waals surface area contributed by atoms with Crippen molar-refractivity contribution in [2.45, 2.75) is 19.0 Å². The molecule has 0 saturated carbocycles. The van der Waals surface area contributed by atoms with Crippen molar-refractivity contribution in [1.82, 2.24) is 0 Å². The number of hydrogen-bond acceptors (Lipinski definition) is 1. The Morgan fingerprint density at radius 2 is 2.00 bits per heavy atom. The minimum Gasteiger partial charge on any atom is -0.481 e. The van der Waals surface area contributed by atoms with Gasteiger partial charge in [-0.1, -0.05) is 18.2 Å². The molecule has 0 aliphatic heterocycles. The molecule has 5 heteroatoms. The van der Waals surface area contributed by atoms with Gasteiger partial charge in [0, 0.05) is 0 Å². The van der Waals surface area contributed by atoms with Crippen LogP contribution in [0.3, 0.4) is 0 Å². The molecule has 0 saturated heterocycles. The lowest BCUT2D eigenvalue weighted by Crippen LogP contribution is -2.10. The van der Waals surface area contributed by atoms with Gasteiger partial charge in [-0.2, -0.15) is 13.2 Å². The van der Waals surface area contributed by atoms with Crippen molar-refractivity contribution in [1.29, 1.82) is 0 Å². The molecule has 1 aromatic carbocycles. The van der Waals surface area contributed by atoms with E-state index in [0.29, 0.717) is 0 Å². The highest BCUT2D eigenvalue weighted by atomic mass is 19.4. The van der Waals surface area contributed by atoms with E-state index in [9.17, 15) is 18.0 Å². The molecular formula is C10H9F3O2. The molecule has 1 unspecified atom stereocenters. The summed E-state index contributed by atoms with van der Waals surface area (Å²) in [6.07, 6.45) is -4.44. The van der Waals surface area contributed by atoms with Gasteiger partial charge < -0.3 is 5.11 Å². The Bertz CT molecular complexity index is 371. The first-order valence-electron chi connectivity index (χ1n) is 4.22.